The Morgan fingerprint density at radius 2 is 1.50 bits per heavy atom. The molecule has 9 atom stereocenters. The lowest BCUT2D eigenvalue weighted by Gasteiger charge is -2.58. The van der Waals surface area contributed by atoms with Crippen LogP contribution in [0.5, 0.6) is 0 Å². The van der Waals surface area contributed by atoms with E-state index in [0.717, 1.165) is 41.5 Å². The molecule has 250 valence electrons. The predicted octanol–water partition coefficient (Wildman–Crippen LogP) is 8.21. The van der Waals surface area contributed by atoms with Gasteiger partial charge in [-0.2, -0.15) is 0 Å². The minimum atomic E-state index is -0.924. The van der Waals surface area contributed by atoms with E-state index in [0.29, 0.717) is 18.3 Å². The molecule has 0 spiro atoms. The molecule has 0 saturated heterocycles. The third kappa shape index (κ3) is 5.40. The number of aliphatic hydroxyl groups is 1. The van der Waals surface area contributed by atoms with Crippen LogP contribution in [0, 0.1) is 34.5 Å². The Hall–Kier alpha value is -3.80. The van der Waals surface area contributed by atoms with Gasteiger partial charge in [-0.05, 0) is 79.2 Å². The number of carbonyl (C=O) groups is 2. The normalized spacial score (nSPS) is 33.2. The topological polar surface area (TPSA) is 72.8 Å². The summed E-state index contributed by atoms with van der Waals surface area (Å²) >= 11 is 0. The number of fused-ring (bicyclic) bond motifs is 5. The van der Waals surface area contributed by atoms with E-state index in [1.165, 1.54) is 0 Å². The van der Waals surface area contributed by atoms with E-state index >= 15 is 0 Å². The largest absolute Gasteiger partial charge is 0.461 e. The van der Waals surface area contributed by atoms with Crippen molar-refractivity contribution in [2.75, 3.05) is 0 Å². The fourth-order valence-corrected chi connectivity index (χ4v) is 10.4. The molecular weight excluding hydrogens is 596 g/mol. The molecule has 0 amide bonds. The second-order valence-electron chi connectivity index (χ2n) is 15.3. The first-order valence-corrected chi connectivity index (χ1v) is 17.7. The van der Waals surface area contributed by atoms with Gasteiger partial charge in [0, 0.05) is 16.7 Å². The van der Waals surface area contributed by atoms with Gasteiger partial charge in [0.25, 0.3) is 0 Å². The smallest absolute Gasteiger partial charge is 0.308 e. The summed E-state index contributed by atoms with van der Waals surface area (Å²) in [4.78, 5) is 26.1. The number of carbonyl (C=O) groups excluding carboxylic acids is 2. The SMILES string of the molecule is CC(CC(=O)OC1C(C)CC2C3CCC4=CC(=O)C=CC4(C)C3C(O)CC21C)OC(c1ccccc1)(c1ccccc1)c1ccccc1. The molecule has 3 saturated carbocycles. The Balaban J connectivity index is 1.12. The monoisotopic (exact) mass is 644 g/mol. The summed E-state index contributed by atoms with van der Waals surface area (Å²) in [5.41, 5.74) is 2.56. The van der Waals surface area contributed by atoms with Crippen LogP contribution in [0.25, 0.3) is 0 Å². The number of hydrogen-bond acceptors (Lipinski definition) is 5. The summed E-state index contributed by atoms with van der Waals surface area (Å²) in [6.45, 7) is 8.58. The van der Waals surface area contributed by atoms with Crippen molar-refractivity contribution in [2.24, 2.45) is 34.5 Å². The molecular formula is C43H48O5. The quantitative estimate of drug-likeness (QED) is 0.198. The van der Waals surface area contributed by atoms with Gasteiger partial charge in [-0.15, -0.1) is 0 Å². The molecule has 7 rings (SSSR count). The van der Waals surface area contributed by atoms with Crippen LogP contribution in [-0.4, -0.2) is 35.2 Å². The van der Waals surface area contributed by atoms with Gasteiger partial charge in [0.1, 0.15) is 11.7 Å². The molecule has 3 aromatic carbocycles. The Bertz CT molecular complexity index is 1600. The van der Waals surface area contributed by atoms with Crippen LogP contribution in [0.1, 0.15) is 76.5 Å². The highest BCUT2D eigenvalue weighted by Gasteiger charge is 2.64. The zero-order valence-electron chi connectivity index (χ0n) is 28.5. The van der Waals surface area contributed by atoms with Gasteiger partial charge >= 0.3 is 5.97 Å². The molecule has 9 unspecified atom stereocenters. The van der Waals surface area contributed by atoms with E-state index in [1.807, 2.05) is 67.6 Å². The number of aliphatic hydroxyl groups excluding tert-OH is 1. The zero-order valence-corrected chi connectivity index (χ0v) is 28.5. The number of benzene rings is 3. The molecule has 4 aliphatic rings. The minimum Gasteiger partial charge on any atom is -0.461 e. The molecule has 3 aromatic rings. The predicted molar refractivity (Wildman–Crippen MR) is 187 cm³/mol. The fraction of sp³-hybridized carbons (Fsp3) is 0.442. The van der Waals surface area contributed by atoms with Gasteiger partial charge in [0.2, 0.25) is 0 Å². The number of allylic oxidation sites excluding steroid dienone is 4. The first-order valence-electron chi connectivity index (χ1n) is 17.7. The molecule has 5 nitrogen and oxygen atoms in total. The van der Waals surface area contributed by atoms with E-state index in [1.54, 1.807) is 12.2 Å². The number of esters is 1. The second-order valence-corrected chi connectivity index (χ2v) is 15.3. The molecule has 0 bridgehead atoms. The van der Waals surface area contributed by atoms with Crippen molar-refractivity contribution < 1.29 is 24.2 Å². The van der Waals surface area contributed by atoms with Gasteiger partial charge in [0.15, 0.2) is 5.78 Å². The van der Waals surface area contributed by atoms with Crippen LogP contribution >= 0.6 is 0 Å². The Morgan fingerprint density at radius 1 is 0.938 bits per heavy atom. The van der Waals surface area contributed by atoms with Crippen molar-refractivity contribution in [3.8, 4) is 0 Å². The van der Waals surface area contributed by atoms with Crippen LogP contribution in [-0.2, 0) is 24.7 Å². The van der Waals surface area contributed by atoms with E-state index in [4.69, 9.17) is 9.47 Å². The van der Waals surface area contributed by atoms with Crippen LogP contribution < -0.4 is 0 Å². The summed E-state index contributed by atoms with van der Waals surface area (Å²) in [7, 11) is 0. The molecule has 0 aliphatic heterocycles. The number of ketones is 1. The lowest BCUT2D eigenvalue weighted by atomic mass is 9.47. The molecule has 0 aromatic heterocycles. The van der Waals surface area contributed by atoms with Gasteiger partial charge in [-0.1, -0.05) is 123 Å². The summed E-state index contributed by atoms with van der Waals surface area (Å²) < 4.78 is 13.5. The minimum absolute atomic E-state index is 0.0456. The van der Waals surface area contributed by atoms with Gasteiger partial charge in [-0.3, -0.25) is 9.59 Å². The molecule has 0 heterocycles. The number of ether oxygens (including phenoxy) is 2. The van der Waals surface area contributed by atoms with E-state index in [9.17, 15) is 14.7 Å². The third-order valence-corrected chi connectivity index (χ3v) is 12.4. The van der Waals surface area contributed by atoms with Crippen molar-refractivity contribution in [3.63, 3.8) is 0 Å². The van der Waals surface area contributed by atoms with Gasteiger partial charge in [-0.25, -0.2) is 0 Å². The van der Waals surface area contributed by atoms with Gasteiger partial charge in [0.05, 0.1) is 18.6 Å². The fourth-order valence-electron chi connectivity index (χ4n) is 10.4. The highest BCUT2D eigenvalue weighted by atomic mass is 16.6. The summed E-state index contributed by atoms with van der Waals surface area (Å²) in [5, 5.41) is 11.8. The lowest BCUT2D eigenvalue weighted by Crippen LogP contribution is -2.57. The first-order chi connectivity index (χ1) is 23.1. The zero-order chi connectivity index (χ0) is 33.7. The summed E-state index contributed by atoms with van der Waals surface area (Å²) in [6.07, 6.45) is 7.71. The lowest BCUT2D eigenvalue weighted by molar-refractivity contribution is -0.174. The highest BCUT2D eigenvalue weighted by molar-refractivity contribution is 6.01. The van der Waals surface area contributed by atoms with Crippen LogP contribution in [0.4, 0.5) is 0 Å². The van der Waals surface area contributed by atoms with Crippen molar-refractivity contribution in [1.29, 1.82) is 0 Å². The maximum absolute atomic E-state index is 13.9. The molecule has 48 heavy (non-hydrogen) atoms. The van der Waals surface area contributed by atoms with Crippen LogP contribution in [0.15, 0.2) is 115 Å². The van der Waals surface area contributed by atoms with Gasteiger partial charge < -0.3 is 14.6 Å². The van der Waals surface area contributed by atoms with Crippen molar-refractivity contribution in [2.45, 2.75) is 83.7 Å². The van der Waals surface area contributed by atoms with E-state index < -0.39 is 17.8 Å². The maximum Gasteiger partial charge on any atom is 0.308 e. The summed E-state index contributed by atoms with van der Waals surface area (Å²) in [5.74, 6) is 0.641. The third-order valence-electron chi connectivity index (χ3n) is 12.4. The van der Waals surface area contributed by atoms with E-state index in [-0.39, 0.29) is 46.9 Å². The molecule has 3 fully saturated rings. The Morgan fingerprint density at radius 3 is 2.06 bits per heavy atom. The average molecular weight is 645 g/mol. The number of rotatable bonds is 8. The Kier molecular flexibility index (Phi) is 8.58. The van der Waals surface area contributed by atoms with Crippen molar-refractivity contribution in [1.82, 2.24) is 0 Å². The highest BCUT2D eigenvalue weighted by Crippen LogP contribution is 2.66. The summed E-state index contributed by atoms with van der Waals surface area (Å²) in [6, 6.07) is 30.6. The molecule has 5 heteroatoms. The average Bonchev–Trinajstić information content (AvgIpc) is 3.33. The molecule has 1 N–H and O–H groups in total. The first kappa shape index (κ1) is 32.7. The standard InChI is InChI=1S/C43H48O5/c1-28-24-36-35-21-20-33-26-34(44)22-23-41(33,3)39(35)37(45)27-42(36,4)40(28)47-38(46)25-29(2)48-43(30-14-8-5-9-15-30,31-16-10-6-11-17-31)32-18-12-7-13-19-32/h5-19,22-23,26,28-29,35-37,39-40,45H,20-21,24-25,27H2,1-4H3. The molecule has 0 radical (unpaired) electrons. The van der Waals surface area contributed by atoms with Crippen molar-refractivity contribution in [3.05, 3.63) is 131 Å². The van der Waals surface area contributed by atoms with Crippen LogP contribution in [0.3, 0.4) is 0 Å². The van der Waals surface area contributed by atoms with Crippen LogP contribution in [0.2, 0.25) is 0 Å². The molecule has 4 aliphatic carbocycles. The maximum atomic E-state index is 13.9. The van der Waals surface area contributed by atoms with Crippen molar-refractivity contribution >= 4 is 11.8 Å². The second kappa shape index (κ2) is 12.6. The Labute approximate surface area is 285 Å². The number of hydrogen-bond donors (Lipinski definition) is 1. The van der Waals surface area contributed by atoms with E-state index in [2.05, 4.69) is 57.2 Å².